The molecule has 1 saturated carbocycles. The molecule has 0 atom stereocenters. The lowest BCUT2D eigenvalue weighted by Gasteiger charge is -2.36. The molecule has 1 heterocycles. The van der Waals surface area contributed by atoms with Crippen molar-refractivity contribution >= 4 is 23.6 Å². The summed E-state index contributed by atoms with van der Waals surface area (Å²) in [5, 5.41) is 13.5. The van der Waals surface area contributed by atoms with E-state index in [1.165, 1.54) is 6.33 Å². The number of H-pyrrole nitrogens is 1. The lowest BCUT2D eigenvalue weighted by Crippen LogP contribution is -2.59. The van der Waals surface area contributed by atoms with Crippen molar-refractivity contribution in [1.82, 2.24) is 25.8 Å². The molecular formula is C21H29N5O2S. The molecule has 7 nitrogen and oxygen atoms in total. The van der Waals surface area contributed by atoms with Crippen molar-refractivity contribution in [3.63, 3.8) is 0 Å². The number of rotatable bonds is 9. The maximum Gasteiger partial charge on any atom is 0.252 e. The van der Waals surface area contributed by atoms with Crippen LogP contribution in [-0.2, 0) is 10.5 Å². The number of carbonyl (C=O) groups excluding carboxylic acids is 2. The first-order valence-corrected chi connectivity index (χ1v) is 11.3. The highest BCUT2D eigenvalue weighted by molar-refractivity contribution is 7.98. The molecular weight excluding hydrogens is 386 g/mol. The van der Waals surface area contributed by atoms with Gasteiger partial charge in [0.05, 0.1) is 0 Å². The Hall–Kier alpha value is -2.35. The Morgan fingerprint density at radius 3 is 2.59 bits per heavy atom. The second-order valence-corrected chi connectivity index (χ2v) is 8.45. The van der Waals surface area contributed by atoms with Crippen molar-refractivity contribution in [2.45, 2.75) is 68.3 Å². The fourth-order valence-corrected chi connectivity index (χ4v) is 4.30. The maximum atomic E-state index is 12.9. The summed E-state index contributed by atoms with van der Waals surface area (Å²) in [5.41, 5.74) is 0.876. The number of hydrogen-bond donors (Lipinski definition) is 3. The molecule has 0 aliphatic heterocycles. The SMILES string of the molecule is CCCCNC(=O)C1(NC(=O)c2ccc(CSc3ncn[nH]3)cc2)CCCCC1. The van der Waals surface area contributed by atoms with E-state index in [9.17, 15) is 9.59 Å². The number of aromatic nitrogens is 3. The van der Waals surface area contributed by atoms with Crippen LogP contribution in [0.5, 0.6) is 0 Å². The predicted molar refractivity (Wildman–Crippen MR) is 114 cm³/mol. The first-order valence-electron chi connectivity index (χ1n) is 10.3. The van der Waals surface area contributed by atoms with E-state index in [0.29, 0.717) is 24.9 Å². The third-order valence-corrected chi connectivity index (χ3v) is 6.24. The van der Waals surface area contributed by atoms with E-state index >= 15 is 0 Å². The first kappa shape index (κ1) is 21.4. The normalized spacial score (nSPS) is 15.6. The van der Waals surface area contributed by atoms with Gasteiger partial charge in [-0.1, -0.05) is 56.5 Å². The van der Waals surface area contributed by atoms with Crippen LogP contribution in [0.2, 0.25) is 0 Å². The second-order valence-electron chi connectivity index (χ2n) is 7.48. The molecule has 0 saturated heterocycles. The lowest BCUT2D eigenvalue weighted by molar-refractivity contribution is -0.128. The molecule has 3 rings (SSSR count). The van der Waals surface area contributed by atoms with Gasteiger partial charge in [-0.2, -0.15) is 5.10 Å². The lowest BCUT2D eigenvalue weighted by atomic mass is 9.80. The molecule has 2 amide bonds. The molecule has 1 aliphatic carbocycles. The van der Waals surface area contributed by atoms with Crippen LogP contribution in [0.25, 0.3) is 0 Å². The minimum Gasteiger partial charge on any atom is -0.354 e. The van der Waals surface area contributed by atoms with Crippen LogP contribution >= 0.6 is 11.8 Å². The van der Waals surface area contributed by atoms with Crippen molar-refractivity contribution in [3.8, 4) is 0 Å². The molecule has 0 bridgehead atoms. The van der Waals surface area contributed by atoms with E-state index in [0.717, 1.165) is 48.6 Å². The molecule has 1 aliphatic rings. The van der Waals surface area contributed by atoms with Gasteiger partial charge in [-0.3, -0.25) is 14.7 Å². The van der Waals surface area contributed by atoms with Crippen LogP contribution < -0.4 is 10.6 Å². The number of hydrogen-bond acceptors (Lipinski definition) is 5. The van der Waals surface area contributed by atoms with E-state index in [-0.39, 0.29) is 11.8 Å². The highest BCUT2D eigenvalue weighted by Crippen LogP contribution is 2.29. The Kier molecular flexibility index (Phi) is 7.69. The molecule has 29 heavy (non-hydrogen) atoms. The number of carbonyl (C=O) groups is 2. The molecule has 1 fully saturated rings. The van der Waals surface area contributed by atoms with Crippen molar-refractivity contribution in [1.29, 1.82) is 0 Å². The number of thioether (sulfide) groups is 1. The predicted octanol–water partition coefficient (Wildman–Crippen LogP) is 3.45. The number of nitrogens with one attached hydrogen (secondary N) is 3. The van der Waals surface area contributed by atoms with Gasteiger partial charge in [0.25, 0.3) is 5.91 Å². The largest absolute Gasteiger partial charge is 0.354 e. The summed E-state index contributed by atoms with van der Waals surface area (Å²) in [6.45, 7) is 2.75. The Labute approximate surface area is 175 Å². The second kappa shape index (κ2) is 10.4. The molecule has 0 spiro atoms. The van der Waals surface area contributed by atoms with Gasteiger partial charge in [-0.15, -0.1) is 0 Å². The Morgan fingerprint density at radius 2 is 1.93 bits per heavy atom. The highest BCUT2D eigenvalue weighted by atomic mass is 32.2. The molecule has 0 unspecified atom stereocenters. The van der Waals surface area contributed by atoms with Gasteiger partial charge in [0, 0.05) is 17.9 Å². The van der Waals surface area contributed by atoms with Gasteiger partial charge in [0.1, 0.15) is 11.9 Å². The average molecular weight is 416 g/mol. The quantitative estimate of drug-likeness (QED) is 0.430. The molecule has 8 heteroatoms. The van der Waals surface area contributed by atoms with Crippen molar-refractivity contribution in [2.24, 2.45) is 0 Å². The molecule has 0 radical (unpaired) electrons. The highest BCUT2D eigenvalue weighted by Gasteiger charge is 2.40. The third-order valence-electron chi connectivity index (χ3n) is 5.30. The number of benzene rings is 1. The van der Waals surface area contributed by atoms with E-state index in [1.54, 1.807) is 11.8 Å². The number of aromatic amines is 1. The third kappa shape index (κ3) is 5.82. The number of nitrogens with zero attached hydrogens (tertiary/aromatic N) is 2. The van der Waals surface area contributed by atoms with Gasteiger partial charge >= 0.3 is 0 Å². The standard InChI is InChI=1S/C21H29N5O2S/c1-2-3-13-22-19(28)21(11-5-4-6-12-21)25-18(27)17-9-7-16(8-10-17)14-29-20-23-15-24-26-20/h7-10,15H,2-6,11-14H2,1H3,(H,22,28)(H,25,27)(H,23,24,26). The number of unbranched alkanes of at least 4 members (excludes halogenated alkanes) is 1. The summed E-state index contributed by atoms with van der Waals surface area (Å²) in [6.07, 6.45) is 7.88. The summed E-state index contributed by atoms with van der Waals surface area (Å²) >= 11 is 1.55. The topological polar surface area (TPSA) is 99.8 Å². The molecule has 156 valence electrons. The summed E-state index contributed by atoms with van der Waals surface area (Å²) < 4.78 is 0. The van der Waals surface area contributed by atoms with Crippen LogP contribution in [0.3, 0.4) is 0 Å². The zero-order valence-corrected chi connectivity index (χ0v) is 17.7. The molecule has 1 aromatic heterocycles. The Morgan fingerprint density at radius 1 is 1.17 bits per heavy atom. The van der Waals surface area contributed by atoms with Gasteiger partial charge in [0.15, 0.2) is 5.16 Å². The van der Waals surface area contributed by atoms with Crippen LogP contribution in [0.15, 0.2) is 35.7 Å². The summed E-state index contributed by atoms with van der Waals surface area (Å²) in [5.74, 6) is 0.506. The fourth-order valence-electron chi connectivity index (χ4n) is 3.57. The summed E-state index contributed by atoms with van der Waals surface area (Å²) in [6, 6.07) is 7.51. The van der Waals surface area contributed by atoms with E-state index in [1.807, 2.05) is 24.3 Å². The van der Waals surface area contributed by atoms with Crippen LogP contribution in [-0.4, -0.2) is 39.1 Å². The summed E-state index contributed by atoms with van der Waals surface area (Å²) in [4.78, 5) is 29.8. The maximum absolute atomic E-state index is 12.9. The molecule has 3 N–H and O–H groups in total. The van der Waals surface area contributed by atoms with Crippen molar-refractivity contribution in [2.75, 3.05) is 6.54 Å². The minimum atomic E-state index is -0.788. The monoisotopic (exact) mass is 415 g/mol. The zero-order valence-electron chi connectivity index (χ0n) is 16.9. The van der Waals surface area contributed by atoms with Gasteiger partial charge in [-0.05, 0) is 37.0 Å². The van der Waals surface area contributed by atoms with Gasteiger partial charge in [0.2, 0.25) is 5.91 Å². The molecule has 1 aromatic carbocycles. The smallest absolute Gasteiger partial charge is 0.252 e. The molecule has 2 aromatic rings. The average Bonchev–Trinajstić information content (AvgIpc) is 3.27. The minimum absolute atomic E-state index is 0.0425. The van der Waals surface area contributed by atoms with E-state index < -0.39 is 5.54 Å². The van der Waals surface area contributed by atoms with E-state index in [2.05, 4.69) is 32.7 Å². The number of amides is 2. The van der Waals surface area contributed by atoms with Crippen LogP contribution in [0.1, 0.15) is 67.8 Å². The Balaban J connectivity index is 1.61. The van der Waals surface area contributed by atoms with Crippen LogP contribution in [0.4, 0.5) is 0 Å². The van der Waals surface area contributed by atoms with Crippen molar-refractivity contribution in [3.05, 3.63) is 41.7 Å². The Bertz CT molecular complexity index is 786. The van der Waals surface area contributed by atoms with Crippen LogP contribution in [0, 0.1) is 0 Å². The first-order chi connectivity index (χ1) is 14.1. The van der Waals surface area contributed by atoms with Gasteiger partial charge < -0.3 is 10.6 Å². The zero-order chi connectivity index (χ0) is 20.5. The van der Waals surface area contributed by atoms with Crippen molar-refractivity contribution < 1.29 is 9.59 Å². The van der Waals surface area contributed by atoms with Gasteiger partial charge in [-0.25, -0.2) is 4.98 Å². The van der Waals surface area contributed by atoms with E-state index in [4.69, 9.17) is 0 Å². The summed E-state index contributed by atoms with van der Waals surface area (Å²) in [7, 11) is 0. The fraction of sp³-hybridized carbons (Fsp3) is 0.524.